The molecule has 0 aliphatic heterocycles. The van der Waals surface area contributed by atoms with Crippen LogP contribution < -0.4 is 0 Å². The van der Waals surface area contributed by atoms with E-state index in [1.165, 1.54) is 81.0 Å². The van der Waals surface area contributed by atoms with Crippen molar-refractivity contribution >= 4 is 45.7 Å². The molecule has 0 bridgehead atoms. The third-order valence-electron chi connectivity index (χ3n) is 5.24. The van der Waals surface area contributed by atoms with Crippen LogP contribution in [0.1, 0.15) is 70.6 Å². The van der Waals surface area contributed by atoms with Crippen molar-refractivity contribution in [3.8, 4) is 0 Å². The Bertz CT molecular complexity index is 513. The summed E-state index contributed by atoms with van der Waals surface area (Å²) in [5.74, 6) is 0.921. The van der Waals surface area contributed by atoms with Crippen LogP contribution in [0.2, 0.25) is 0 Å². The van der Waals surface area contributed by atoms with Gasteiger partial charge in [0.15, 0.2) is 0 Å². The van der Waals surface area contributed by atoms with E-state index in [2.05, 4.69) is 95.0 Å². The molecule has 2 aliphatic rings. The molecule has 1 aromatic heterocycles. The molecule has 1 aromatic rings. The monoisotopic (exact) mass is 738 g/mol. The molecule has 0 unspecified atom stereocenters. The topological polar surface area (TPSA) is 13.1 Å². The average molecular weight is 738 g/mol. The fourth-order valence-corrected chi connectivity index (χ4v) is 5.39. The fraction of sp³-hybridized carbons (Fsp3) is 0.833. The molecule has 0 spiro atoms. The van der Waals surface area contributed by atoms with Crippen LogP contribution in [0.5, 0.6) is 0 Å². The van der Waals surface area contributed by atoms with Gasteiger partial charge in [-0.1, -0.05) is 25.7 Å². The zero-order chi connectivity index (χ0) is 17.4. The van der Waals surface area contributed by atoms with Crippen LogP contribution in [0, 0.1) is 9.72 Å². The minimum Gasteiger partial charge on any atom is -0.185 e. The molecule has 2 aliphatic carbocycles. The number of imidazole rings is 1. The molecule has 0 N–H and O–H groups in total. The Morgan fingerprint density at radius 1 is 0.958 bits per heavy atom. The molecule has 0 amide bonds. The summed E-state index contributed by atoms with van der Waals surface area (Å²) < 4.78 is 8.23. The van der Waals surface area contributed by atoms with Crippen molar-refractivity contribution in [3.63, 3.8) is 0 Å². The van der Waals surface area contributed by atoms with Crippen LogP contribution in [-0.2, 0) is 32.9 Å². The molecule has 6 heteroatoms. The van der Waals surface area contributed by atoms with Crippen molar-refractivity contribution in [3.05, 3.63) is 16.2 Å². The van der Waals surface area contributed by atoms with Crippen molar-refractivity contribution < 1.29 is 19.4 Å². The second-order valence-electron chi connectivity index (χ2n) is 7.21. The molecule has 2 fully saturated rings. The number of aryl methyl sites for hydroxylation is 1. The van der Waals surface area contributed by atoms with Crippen molar-refractivity contribution in [2.45, 2.75) is 83.2 Å². The summed E-state index contributed by atoms with van der Waals surface area (Å²) in [4.78, 5) is 0. The van der Waals surface area contributed by atoms with Gasteiger partial charge < -0.3 is 0 Å². The first-order chi connectivity index (χ1) is 11.6. The molecule has 0 saturated heterocycles. The molecule has 0 aromatic carbocycles. The third kappa shape index (κ3) is 7.51. The van der Waals surface area contributed by atoms with Gasteiger partial charge in [-0.2, -0.15) is 1.33 Å². The van der Waals surface area contributed by atoms with E-state index in [1.807, 2.05) is 0 Å². The molecule has 2 saturated carbocycles. The van der Waals surface area contributed by atoms with Gasteiger partial charge in [0.2, 0.25) is 0 Å². The first kappa shape index (κ1) is 21.6. The zero-order valence-corrected chi connectivity index (χ0v) is 21.3. The molecule has 1 heterocycles. The fourth-order valence-electron chi connectivity index (χ4n) is 3.73. The predicted molar refractivity (Wildman–Crippen MR) is 115 cm³/mol. The zero-order valence-electron chi connectivity index (χ0n) is 14.7. The third-order valence-corrected chi connectivity index (χ3v) is 8.27. The second-order valence-corrected chi connectivity index (χ2v) is 12.2. The number of hydrogen-bond donors (Lipinski definition) is 0. The molecular formula is C18H31I2N3Pt. The Hall–Kier alpha value is 1.32. The summed E-state index contributed by atoms with van der Waals surface area (Å²) in [6.45, 7) is 1.22. The Kier molecular flexibility index (Phi) is 10.7. The first-order valence-corrected chi connectivity index (χ1v) is 12.4. The molecule has 24 heavy (non-hydrogen) atoms. The van der Waals surface area contributed by atoms with E-state index in [0.29, 0.717) is 0 Å². The molecule has 142 valence electrons. The Morgan fingerprint density at radius 2 is 1.50 bits per heavy atom. The molecule has 0 radical (unpaired) electrons. The number of hydrogen-bond acceptors (Lipinski definition) is 1. The summed E-state index contributed by atoms with van der Waals surface area (Å²) in [5.41, 5.74) is 0. The van der Waals surface area contributed by atoms with E-state index in [-0.39, 0.29) is 0 Å². The van der Waals surface area contributed by atoms with Gasteiger partial charge in [0.1, 0.15) is 0 Å². The van der Waals surface area contributed by atoms with Gasteiger partial charge in [-0.15, -0.1) is 0 Å². The van der Waals surface area contributed by atoms with Crippen LogP contribution in [0.3, 0.4) is 0 Å². The van der Waals surface area contributed by atoms with Crippen LogP contribution in [0.15, 0.2) is 12.4 Å². The number of rotatable bonds is 3. The van der Waals surface area contributed by atoms with Crippen molar-refractivity contribution in [1.29, 1.82) is 0 Å². The van der Waals surface area contributed by atoms with E-state index < -0.39 is 0 Å². The summed E-state index contributed by atoms with van der Waals surface area (Å²) in [5, 5.41) is 0. The summed E-state index contributed by atoms with van der Waals surface area (Å²) in [7, 11) is 2.11. The van der Waals surface area contributed by atoms with Gasteiger partial charge in [0.05, 0.1) is 0 Å². The number of halogens is 2. The smallest absolute Gasteiger partial charge is 0.0311 e. The SMILES string of the molecule is Cn1ccn(CC2CCCCC2)[c]1=[Pt].IN(I)C1CCCCCC1. The summed E-state index contributed by atoms with van der Waals surface area (Å²) in [6, 6.07) is 0.851. The van der Waals surface area contributed by atoms with Crippen LogP contribution in [0.4, 0.5) is 0 Å². The largest absolute Gasteiger partial charge is 0.185 e. The van der Waals surface area contributed by atoms with E-state index >= 15 is 0 Å². The standard InChI is InChI=1S/C11H18N2.C7H13I2N.Pt/c1-12-7-8-13(10-12)9-11-5-3-2-4-6-11;8-10(9)7-5-3-1-2-4-6-7;/h7-8,11H,2-6,9H2,1H3;7H,1-6H2;. The predicted octanol–water partition coefficient (Wildman–Crippen LogP) is 6.20. The van der Waals surface area contributed by atoms with Crippen LogP contribution >= 0.6 is 45.7 Å². The second kappa shape index (κ2) is 11.9. The van der Waals surface area contributed by atoms with Crippen molar-refractivity contribution in [1.82, 2.24) is 10.5 Å². The quantitative estimate of drug-likeness (QED) is 0.205. The molecule has 3 nitrogen and oxygen atoms in total. The van der Waals surface area contributed by atoms with E-state index in [0.717, 1.165) is 12.0 Å². The van der Waals surface area contributed by atoms with Gasteiger partial charge in [-0.05, 0) is 12.8 Å². The van der Waals surface area contributed by atoms with Gasteiger partial charge in [0.25, 0.3) is 0 Å². The summed E-state index contributed by atoms with van der Waals surface area (Å²) in [6.07, 6.45) is 20.1. The first-order valence-electron chi connectivity index (χ1n) is 9.36. The Labute approximate surface area is 186 Å². The summed E-state index contributed by atoms with van der Waals surface area (Å²) >= 11 is 7.20. The van der Waals surface area contributed by atoms with Crippen LogP contribution in [-0.4, -0.2) is 16.5 Å². The number of aromatic nitrogens is 2. The normalized spacial score (nSPS) is 20.6. The van der Waals surface area contributed by atoms with Gasteiger partial charge in [-0.3, -0.25) is 0 Å². The van der Waals surface area contributed by atoms with Gasteiger partial charge >= 0.3 is 96.3 Å². The average Bonchev–Trinajstić information content (AvgIpc) is 2.81. The van der Waals surface area contributed by atoms with Crippen molar-refractivity contribution in [2.24, 2.45) is 13.0 Å². The number of nitrogens with zero attached hydrogens (tertiary/aromatic N) is 3. The molecule has 3 rings (SSSR count). The van der Waals surface area contributed by atoms with E-state index in [9.17, 15) is 0 Å². The van der Waals surface area contributed by atoms with E-state index in [4.69, 9.17) is 0 Å². The van der Waals surface area contributed by atoms with Gasteiger partial charge in [-0.25, -0.2) is 0 Å². The maximum absolute atomic E-state index is 2.41. The maximum Gasteiger partial charge on any atom is 0.0311 e. The van der Waals surface area contributed by atoms with Crippen LogP contribution in [0.25, 0.3) is 0 Å². The molecular weight excluding hydrogens is 707 g/mol. The van der Waals surface area contributed by atoms with Crippen molar-refractivity contribution in [2.75, 3.05) is 0 Å². The van der Waals surface area contributed by atoms with Gasteiger partial charge in [0, 0.05) is 51.8 Å². The Balaban J connectivity index is 0.000000185. The van der Waals surface area contributed by atoms with E-state index in [1.54, 1.807) is 0 Å². The Morgan fingerprint density at radius 3 is 2.00 bits per heavy atom. The maximum atomic E-state index is 2.41. The minimum atomic E-state index is 0.851. The minimum absolute atomic E-state index is 0.851. The molecule has 0 atom stereocenters.